The zero-order valence-corrected chi connectivity index (χ0v) is 62.3. The minimum Gasteiger partial charge on any atom is -0.462 e. The van der Waals surface area contributed by atoms with Gasteiger partial charge < -0.3 is 33.8 Å². The second-order valence-electron chi connectivity index (χ2n) is 27.6. The summed E-state index contributed by atoms with van der Waals surface area (Å²) >= 11 is 0. The van der Waals surface area contributed by atoms with E-state index in [9.17, 15) is 43.2 Å². The molecule has 0 aliphatic carbocycles. The highest BCUT2D eigenvalue weighted by atomic mass is 31.2. The first kappa shape index (κ1) is 91.1. The Morgan fingerprint density at radius 1 is 0.290 bits per heavy atom. The molecule has 0 aromatic heterocycles. The summed E-state index contributed by atoms with van der Waals surface area (Å²) in [7, 11) is -9.89. The molecule has 0 spiro atoms. The molecule has 552 valence electrons. The van der Waals surface area contributed by atoms with Gasteiger partial charge in [0.2, 0.25) is 0 Å². The number of hydrogen-bond acceptors (Lipinski definition) is 15. The first-order valence-corrected chi connectivity index (χ1v) is 41.5. The van der Waals surface area contributed by atoms with Gasteiger partial charge in [0.15, 0.2) is 12.2 Å². The predicted octanol–water partition coefficient (Wildman–Crippen LogP) is 21.6. The molecule has 0 amide bonds. The van der Waals surface area contributed by atoms with Crippen LogP contribution in [0.5, 0.6) is 0 Å². The lowest BCUT2D eigenvalue weighted by atomic mass is 10.0. The van der Waals surface area contributed by atoms with Crippen molar-refractivity contribution in [3.8, 4) is 0 Å². The Bertz CT molecular complexity index is 1800. The molecule has 0 radical (unpaired) electrons. The summed E-state index contributed by atoms with van der Waals surface area (Å²) in [6.45, 7) is 9.45. The molecule has 0 fully saturated rings. The van der Waals surface area contributed by atoms with Crippen LogP contribution < -0.4 is 0 Å². The van der Waals surface area contributed by atoms with Gasteiger partial charge in [0.25, 0.3) is 0 Å². The van der Waals surface area contributed by atoms with Gasteiger partial charge >= 0.3 is 39.5 Å². The Balaban J connectivity index is 5.12. The maximum Gasteiger partial charge on any atom is 0.472 e. The quantitative estimate of drug-likeness (QED) is 0.0222. The number of esters is 4. The van der Waals surface area contributed by atoms with Gasteiger partial charge in [-0.2, -0.15) is 0 Å². The van der Waals surface area contributed by atoms with E-state index in [1.165, 1.54) is 193 Å². The number of rotatable bonds is 73. The summed E-state index contributed by atoms with van der Waals surface area (Å²) in [4.78, 5) is 72.4. The lowest BCUT2D eigenvalue weighted by molar-refractivity contribution is -0.161. The van der Waals surface area contributed by atoms with Crippen LogP contribution in [0.4, 0.5) is 0 Å². The number of phosphoric ester groups is 2. The van der Waals surface area contributed by atoms with E-state index in [1.807, 2.05) is 0 Å². The Kier molecular flexibility index (Phi) is 64.6. The number of aliphatic hydroxyl groups excluding tert-OH is 1. The van der Waals surface area contributed by atoms with Crippen molar-refractivity contribution in [3.05, 3.63) is 0 Å². The first-order chi connectivity index (χ1) is 44.9. The molecule has 19 heteroatoms. The molecule has 0 aromatic carbocycles. The van der Waals surface area contributed by atoms with Gasteiger partial charge in [-0.25, -0.2) is 9.13 Å². The third-order valence-corrected chi connectivity index (χ3v) is 19.1. The Labute approximate surface area is 568 Å². The number of aliphatic hydroxyl groups is 1. The molecule has 17 nitrogen and oxygen atoms in total. The molecular weight excluding hydrogens is 1220 g/mol. The van der Waals surface area contributed by atoms with E-state index in [4.69, 9.17) is 37.0 Å². The van der Waals surface area contributed by atoms with Crippen molar-refractivity contribution in [2.75, 3.05) is 39.6 Å². The molecular formula is C74H144O17P2. The van der Waals surface area contributed by atoms with E-state index in [-0.39, 0.29) is 25.7 Å². The van der Waals surface area contributed by atoms with E-state index in [1.54, 1.807) is 0 Å². The number of hydrogen-bond donors (Lipinski definition) is 3. The van der Waals surface area contributed by atoms with Crippen LogP contribution in [0.25, 0.3) is 0 Å². The van der Waals surface area contributed by atoms with Crippen LogP contribution in [0.15, 0.2) is 0 Å². The van der Waals surface area contributed by atoms with E-state index in [2.05, 4.69) is 41.5 Å². The van der Waals surface area contributed by atoms with Crippen molar-refractivity contribution in [2.24, 2.45) is 11.8 Å². The van der Waals surface area contributed by atoms with Gasteiger partial charge in [0.05, 0.1) is 26.4 Å². The van der Waals surface area contributed by atoms with Gasteiger partial charge in [-0.15, -0.1) is 0 Å². The fourth-order valence-electron chi connectivity index (χ4n) is 11.3. The Morgan fingerprint density at radius 3 is 0.731 bits per heavy atom. The highest BCUT2D eigenvalue weighted by Gasteiger charge is 2.30. The molecule has 0 saturated heterocycles. The summed E-state index contributed by atoms with van der Waals surface area (Å²) in [5, 5.41) is 10.6. The van der Waals surface area contributed by atoms with E-state index < -0.39 is 97.5 Å². The topological polar surface area (TPSA) is 237 Å². The lowest BCUT2D eigenvalue weighted by Crippen LogP contribution is -2.30. The number of ether oxygens (including phenoxy) is 4. The number of phosphoric acid groups is 2. The van der Waals surface area contributed by atoms with Crippen molar-refractivity contribution in [3.63, 3.8) is 0 Å². The van der Waals surface area contributed by atoms with Gasteiger partial charge in [-0.05, 0) is 37.5 Å². The maximum atomic E-state index is 13.1. The zero-order chi connectivity index (χ0) is 68.6. The first-order valence-electron chi connectivity index (χ1n) is 38.5. The fourth-order valence-corrected chi connectivity index (χ4v) is 12.9. The molecule has 0 rings (SSSR count). The molecule has 5 atom stereocenters. The monoisotopic (exact) mass is 1370 g/mol. The van der Waals surface area contributed by atoms with Crippen LogP contribution in [-0.4, -0.2) is 96.7 Å². The zero-order valence-electron chi connectivity index (χ0n) is 60.6. The average molecular weight is 1370 g/mol. The molecule has 0 bridgehead atoms. The van der Waals surface area contributed by atoms with Gasteiger partial charge in [-0.3, -0.25) is 37.3 Å². The number of unbranched alkanes of at least 4 members (excludes halogenated alkanes) is 43. The van der Waals surface area contributed by atoms with E-state index in [0.29, 0.717) is 31.6 Å². The van der Waals surface area contributed by atoms with E-state index in [0.717, 1.165) is 102 Å². The second kappa shape index (κ2) is 66.0. The van der Waals surface area contributed by atoms with Crippen LogP contribution in [0.2, 0.25) is 0 Å². The van der Waals surface area contributed by atoms with Gasteiger partial charge in [0, 0.05) is 25.7 Å². The molecule has 3 N–H and O–H groups in total. The molecule has 0 aliphatic heterocycles. The summed E-state index contributed by atoms with van der Waals surface area (Å²) in [6.07, 6.45) is 53.4. The SMILES string of the molecule is CCCCCCCCCCCCCCCCCCCCCC(=O)OC[C@H](COP(=O)(O)OC[C@@H](O)COP(=O)(O)OC[C@@H](COC(=O)CCCCCCC)OC(=O)CCCCCCCCCC(C)C)OC(=O)CCCCCCCCCCCCCCCCCCC(C)C. The normalized spacial score (nSPS) is 14.1. The molecule has 2 unspecified atom stereocenters. The second-order valence-corrected chi connectivity index (χ2v) is 30.5. The number of carbonyl (C=O) groups is 4. The minimum atomic E-state index is -4.95. The Morgan fingerprint density at radius 2 is 0.495 bits per heavy atom. The van der Waals surface area contributed by atoms with Crippen molar-refractivity contribution in [1.82, 2.24) is 0 Å². The average Bonchev–Trinajstić information content (AvgIpc) is 2.89. The third kappa shape index (κ3) is 68.4. The molecule has 93 heavy (non-hydrogen) atoms. The lowest BCUT2D eigenvalue weighted by Gasteiger charge is -2.21. The standard InChI is InChI=1S/C74H144O17P2/c1-7-9-11-13-14-15-16-17-18-19-20-21-25-28-31-34-39-45-51-57-72(77)85-63-70(91-73(78)58-52-46-40-35-32-29-26-23-22-24-27-30-33-37-43-48-54-66(3)4)65-89-93(82,83)87-61-68(75)60-86-92(80,81)88-64-69(62-84-71(76)56-50-42-12-10-8-2)90-74(79)59-53-47-41-36-38-44-49-55-67(5)6/h66-70,75H,7-65H2,1-6H3,(H,80,81)(H,82,83)/t68-,69+,70+/m0/s1. The summed E-state index contributed by atoms with van der Waals surface area (Å²) in [5.74, 6) is -0.628. The molecule has 0 saturated carbocycles. The molecule has 0 aliphatic rings. The fraction of sp³-hybridized carbons (Fsp3) is 0.946. The third-order valence-electron chi connectivity index (χ3n) is 17.2. The molecule has 0 heterocycles. The molecule has 0 aromatic rings. The van der Waals surface area contributed by atoms with Crippen molar-refractivity contribution >= 4 is 39.5 Å². The predicted molar refractivity (Wildman–Crippen MR) is 377 cm³/mol. The van der Waals surface area contributed by atoms with Crippen molar-refractivity contribution < 1.29 is 80.2 Å². The van der Waals surface area contributed by atoms with Crippen LogP contribution in [0, 0.1) is 11.8 Å². The summed E-state index contributed by atoms with van der Waals surface area (Å²) < 4.78 is 68.2. The highest BCUT2D eigenvalue weighted by Crippen LogP contribution is 2.45. The summed E-state index contributed by atoms with van der Waals surface area (Å²) in [6, 6.07) is 0. The van der Waals surface area contributed by atoms with Crippen LogP contribution in [0.1, 0.15) is 382 Å². The van der Waals surface area contributed by atoms with Gasteiger partial charge in [0.1, 0.15) is 19.3 Å². The van der Waals surface area contributed by atoms with Crippen LogP contribution in [-0.2, 0) is 65.4 Å². The minimum absolute atomic E-state index is 0.103. The van der Waals surface area contributed by atoms with Crippen LogP contribution >= 0.6 is 15.6 Å². The Hall–Kier alpha value is -1.94. The van der Waals surface area contributed by atoms with Crippen molar-refractivity contribution in [2.45, 2.75) is 400 Å². The summed E-state index contributed by atoms with van der Waals surface area (Å²) in [5.41, 5.74) is 0. The smallest absolute Gasteiger partial charge is 0.462 e. The van der Waals surface area contributed by atoms with Crippen molar-refractivity contribution in [1.29, 1.82) is 0 Å². The van der Waals surface area contributed by atoms with Crippen LogP contribution in [0.3, 0.4) is 0 Å². The largest absolute Gasteiger partial charge is 0.472 e. The highest BCUT2D eigenvalue weighted by molar-refractivity contribution is 7.47. The number of carbonyl (C=O) groups excluding carboxylic acids is 4. The van der Waals surface area contributed by atoms with E-state index >= 15 is 0 Å². The maximum absolute atomic E-state index is 13.1. The van der Waals surface area contributed by atoms with Gasteiger partial charge in [-0.1, -0.05) is 330 Å².